The van der Waals surface area contributed by atoms with Crippen molar-refractivity contribution < 1.29 is 14.6 Å². The summed E-state index contributed by atoms with van der Waals surface area (Å²) in [5, 5.41) is 15.6. The van der Waals surface area contributed by atoms with Gasteiger partial charge >= 0.3 is 0 Å². The number of nitrogens with zero attached hydrogens (tertiary/aromatic N) is 1. The third kappa shape index (κ3) is 6.82. The highest BCUT2D eigenvalue weighted by atomic mass is 79.9. The van der Waals surface area contributed by atoms with E-state index >= 15 is 0 Å². The van der Waals surface area contributed by atoms with E-state index in [2.05, 4.69) is 38.3 Å². The van der Waals surface area contributed by atoms with E-state index in [1.54, 1.807) is 25.3 Å². The Morgan fingerprint density at radius 3 is 2.65 bits per heavy atom. The molecule has 0 aromatic heterocycles. The maximum absolute atomic E-state index is 11.2. The SMILES string of the molecule is COc1ccc(Cl)cc1NC(=S)N(Cc1cccc(Br)c1)CC1CCC(C(=O)[O-])CC1. The molecule has 31 heavy (non-hydrogen) atoms. The van der Waals surface area contributed by atoms with Gasteiger partial charge in [-0.1, -0.05) is 39.7 Å². The third-order valence-corrected chi connectivity index (χ3v) is 6.70. The number of halogens is 2. The van der Waals surface area contributed by atoms with Crippen molar-refractivity contribution >= 4 is 56.5 Å². The van der Waals surface area contributed by atoms with Gasteiger partial charge in [0.25, 0.3) is 0 Å². The molecular formula is C23H25BrClN2O3S-. The average Bonchev–Trinajstić information content (AvgIpc) is 2.74. The first-order valence-electron chi connectivity index (χ1n) is 10.2. The molecule has 5 nitrogen and oxygen atoms in total. The molecule has 3 rings (SSSR count). The van der Waals surface area contributed by atoms with Crippen molar-refractivity contribution in [2.75, 3.05) is 19.0 Å². The predicted molar refractivity (Wildman–Crippen MR) is 129 cm³/mol. The van der Waals surface area contributed by atoms with Crippen LogP contribution in [-0.4, -0.2) is 29.6 Å². The second-order valence-corrected chi connectivity index (χ2v) is 9.56. The maximum Gasteiger partial charge on any atom is 0.173 e. The number of anilines is 1. The van der Waals surface area contributed by atoms with Crippen molar-refractivity contribution in [1.82, 2.24) is 4.90 Å². The molecule has 1 saturated carbocycles. The first kappa shape index (κ1) is 23.8. The summed E-state index contributed by atoms with van der Waals surface area (Å²) in [6.07, 6.45) is 2.99. The zero-order valence-corrected chi connectivity index (χ0v) is 20.4. The van der Waals surface area contributed by atoms with Gasteiger partial charge in [0.1, 0.15) is 5.75 Å². The van der Waals surface area contributed by atoms with Crippen LogP contribution in [0.3, 0.4) is 0 Å². The summed E-state index contributed by atoms with van der Waals surface area (Å²) in [6, 6.07) is 13.5. The lowest BCUT2D eigenvalue weighted by Gasteiger charge is -2.34. The topological polar surface area (TPSA) is 64.6 Å². The van der Waals surface area contributed by atoms with Crippen LogP contribution in [0.15, 0.2) is 46.9 Å². The first-order chi connectivity index (χ1) is 14.9. The van der Waals surface area contributed by atoms with Crippen molar-refractivity contribution in [2.24, 2.45) is 11.8 Å². The second-order valence-electron chi connectivity index (χ2n) is 7.82. The zero-order valence-electron chi connectivity index (χ0n) is 17.3. The van der Waals surface area contributed by atoms with Crippen LogP contribution in [0.2, 0.25) is 5.02 Å². The Bertz CT molecular complexity index is 935. The average molecular weight is 525 g/mol. The zero-order chi connectivity index (χ0) is 22.4. The van der Waals surface area contributed by atoms with Gasteiger partial charge in [-0.05, 0) is 85.6 Å². The summed E-state index contributed by atoms with van der Waals surface area (Å²) in [5.74, 6) is -0.252. The Kier molecular flexibility index (Phi) is 8.58. The van der Waals surface area contributed by atoms with Gasteiger partial charge in [-0.3, -0.25) is 0 Å². The Hall–Kier alpha value is -1.83. The molecule has 0 unspecified atom stereocenters. The number of ether oxygens (including phenoxy) is 1. The van der Waals surface area contributed by atoms with E-state index < -0.39 is 5.97 Å². The minimum absolute atomic E-state index is 0.337. The Balaban J connectivity index is 1.76. The smallest absolute Gasteiger partial charge is 0.173 e. The fraction of sp³-hybridized carbons (Fsp3) is 0.391. The fourth-order valence-electron chi connectivity index (χ4n) is 3.94. The fourth-order valence-corrected chi connectivity index (χ4v) is 4.81. The van der Waals surface area contributed by atoms with E-state index in [0.717, 1.165) is 29.4 Å². The highest BCUT2D eigenvalue weighted by Gasteiger charge is 2.25. The van der Waals surface area contributed by atoms with Crippen LogP contribution in [0.4, 0.5) is 5.69 Å². The van der Waals surface area contributed by atoms with Crippen LogP contribution in [-0.2, 0) is 11.3 Å². The van der Waals surface area contributed by atoms with Crippen molar-refractivity contribution in [1.29, 1.82) is 0 Å². The molecule has 0 heterocycles. The summed E-state index contributed by atoms with van der Waals surface area (Å²) in [7, 11) is 1.60. The number of aliphatic carboxylic acids is 1. The lowest BCUT2D eigenvalue weighted by molar-refractivity contribution is -0.312. The molecule has 1 aliphatic carbocycles. The lowest BCUT2D eigenvalue weighted by atomic mass is 9.82. The molecule has 2 aromatic rings. The van der Waals surface area contributed by atoms with Gasteiger partial charge in [0.2, 0.25) is 0 Å². The number of carbonyl (C=O) groups is 1. The van der Waals surface area contributed by atoms with E-state index in [4.69, 9.17) is 28.6 Å². The molecule has 0 radical (unpaired) electrons. The Morgan fingerprint density at radius 1 is 1.26 bits per heavy atom. The number of methoxy groups -OCH3 is 1. The van der Waals surface area contributed by atoms with Crippen LogP contribution in [0.1, 0.15) is 31.2 Å². The molecule has 8 heteroatoms. The van der Waals surface area contributed by atoms with Crippen LogP contribution in [0.25, 0.3) is 0 Å². The van der Waals surface area contributed by atoms with Crippen molar-refractivity contribution in [3.05, 3.63) is 57.5 Å². The summed E-state index contributed by atoms with van der Waals surface area (Å²) >= 11 is 15.5. The summed E-state index contributed by atoms with van der Waals surface area (Å²) < 4.78 is 6.44. The van der Waals surface area contributed by atoms with E-state index in [9.17, 15) is 9.90 Å². The van der Waals surface area contributed by atoms with E-state index in [1.807, 2.05) is 12.1 Å². The molecule has 166 valence electrons. The van der Waals surface area contributed by atoms with Crippen LogP contribution >= 0.6 is 39.7 Å². The number of carboxylic acid groups (broad SMARTS) is 1. The minimum Gasteiger partial charge on any atom is -0.550 e. The second kappa shape index (κ2) is 11.2. The van der Waals surface area contributed by atoms with Crippen molar-refractivity contribution in [3.63, 3.8) is 0 Å². The summed E-state index contributed by atoms with van der Waals surface area (Å²) in [6.45, 7) is 1.37. The Labute approximate surface area is 201 Å². The number of carbonyl (C=O) groups excluding carboxylic acids is 1. The number of rotatable bonds is 7. The van der Waals surface area contributed by atoms with Crippen molar-refractivity contribution in [2.45, 2.75) is 32.2 Å². The first-order valence-corrected chi connectivity index (χ1v) is 11.8. The van der Waals surface area contributed by atoms with E-state index in [1.165, 1.54) is 0 Å². The third-order valence-electron chi connectivity index (χ3n) is 5.61. The molecule has 1 N–H and O–H groups in total. The summed E-state index contributed by atoms with van der Waals surface area (Å²) in [4.78, 5) is 13.3. The molecule has 0 amide bonds. The number of hydrogen-bond donors (Lipinski definition) is 1. The molecule has 0 aliphatic heterocycles. The monoisotopic (exact) mass is 523 g/mol. The molecule has 1 aliphatic rings. The van der Waals surface area contributed by atoms with Gasteiger partial charge in [-0.25, -0.2) is 0 Å². The maximum atomic E-state index is 11.2. The van der Waals surface area contributed by atoms with Gasteiger partial charge in [0, 0.05) is 28.6 Å². The van der Waals surface area contributed by atoms with Crippen LogP contribution < -0.4 is 15.2 Å². The molecule has 0 atom stereocenters. The number of thiocarbonyl (C=S) groups is 1. The standard InChI is InChI=1S/C23H26BrClN2O3S/c1-30-21-10-9-19(25)12-20(21)26-23(31)27(14-16-3-2-4-18(24)11-16)13-15-5-7-17(8-6-15)22(28)29/h2-4,9-12,15,17H,5-8,13-14H2,1H3,(H,26,31)(H,28,29)/p-1. The van der Waals surface area contributed by atoms with Gasteiger partial charge in [-0.15, -0.1) is 0 Å². The molecule has 2 aromatic carbocycles. The van der Waals surface area contributed by atoms with Crippen molar-refractivity contribution in [3.8, 4) is 5.75 Å². The highest BCUT2D eigenvalue weighted by Crippen LogP contribution is 2.31. The van der Waals surface area contributed by atoms with Gasteiger partial charge in [0.15, 0.2) is 5.11 Å². The normalized spacial score (nSPS) is 18.3. The lowest BCUT2D eigenvalue weighted by Crippen LogP contribution is -2.40. The molecule has 1 fully saturated rings. The van der Waals surface area contributed by atoms with Gasteiger partial charge in [-0.2, -0.15) is 0 Å². The molecule has 0 saturated heterocycles. The largest absolute Gasteiger partial charge is 0.550 e. The number of nitrogens with one attached hydrogen (secondary N) is 1. The van der Waals surface area contributed by atoms with Crippen LogP contribution in [0.5, 0.6) is 5.75 Å². The van der Waals surface area contributed by atoms with Crippen LogP contribution in [0, 0.1) is 11.8 Å². The number of benzene rings is 2. The number of carboxylic acids is 1. The molecule has 0 spiro atoms. The van der Waals surface area contributed by atoms with E-state index in [-0.39, 0.29) is 5.92 Å². The quantitative estimate of drug-likeness (QED) is 0.522. The Morgan fingerprint density at radius 2 is 2.00 bits per heavy atom. The summed E-state index contributed by atoms with van der Waals surface area (Å²) in [5.41, 5.74) is 1.83. The minimum atomic E-state index is -0.935. The molecule has 0 bridgehead atoms. The predicted octanol–water partition coefficient (Wildman–Crippen LogP) is 4.87. The number of hydrogen-bond acceptors (Lipinski definition) is 4. The molecular weight excluding hydrogens is 500 g/mol. The highest BCUT2D eigenvalue weighted by molar-refractivity contribution is 9.10. The van der Waals surface area contributed by atoms with E-state index in [0.29, 0.717) is 46.9 Å². The van der Waals surface area contributed by atoms with Gasteiger partial charge in [0.05, 0.1) is 12.8 Å². The van der Waals surface area contributed by atoms with Gasteiger partial charge < -0.3 is 24.9 Å².